The number of nitrogens with zero attached hydrogens (tertiary/aromatic N) is 3. The Labute approximate surface area is 147 Å². The number of ether oxygens (including phenoxy) is 3. The van der Waals surface area contributed by atoms with Gasteiger partial charge in [0, 0.05) is 19.2 Å². The Morgan fingerprint density at radius 3 is 2.20 bits per heavy atom. The van der Waals surface area contributed by atoms with Crippen molar-refractivity contribution in [3.05, 3.63) is 22.5 Å². The van der Waals surface area contributed by atoms with Crippen LogP contribution in [-0.2, 0) is 17.1 Å². The predicted molar refractivity (Wildman–Crippen MR) is 88.4 cm³/mol. The highest BCUT2D eigenvalue weighted by molar-refractivity contribution is 7.91. The van der Waals surface area contributed by atoms with Gasteiger partial charge in [-0.25, -0.2) is 18.2 Å². The molecule has 0 spiro atoms. The summed E-state index contributed by atoms with van der Waals surface area (Å²) < 4.78 is 39.0. The molecule has 1 amide bonds. The molecule has 1 aromatic heterocycles. The molecule has 0 radical (unpaired) electrons. The standard InChI is InChI=1S/C13H16N4O6S2/c1-17-12(24-13(16-17)25(14,19)20)15-11(18)7-5-9(22-3)10(23-4)6-8(7)21-2/h5-6H,1-4H3,(H2,14,19,20). The number of nitrogens with two attached hydrogens (primary N) is 1. The van der Waals surface area contributed by atoms with E-state index in [-0.39, 0.29) is 20.5 Å². The van der Waals surface area contributed by atoms with E-state index in [1.54, 1.807) is 0 Å². The Hall–Kier alpha value is -2.44. The first-order chi connectivity index (χ1) is 11.7. The second kappa shape index (κ2) is 7.21. The molecule has 0 fully saturated rings. The lowest BCUT2D eigenvalue weighted by atomic mass is 10.1. The summed E-state index contributed by atoms with van der Waals surface area (Å²) in [7, 11) is 1.74. The molecular formula is C13H16N4O6S2. The number of primary sulfonamides is 1. The topological polar surface area (TPSA) is 135 Å². The number of hydrogen-bond acceptors (Lipinski definition) is 8. The minimum absolute atomic E-state index is 0.0610. The van der Waals surface area contributed by atoms with Gasteiger partial charge < -0.3 is 14.2 Å². The first-order valence-electron chi connectivity index (χ1n) is 6.67. The van der Waals surface area contributed by atoms with Gasteiger partial charge in [-0.3, -0.25) is 4.79 Å². The van der Waals surface area contributed by atoms with E-state index < -0.39 is 15.9 Å². The van der Waals surface area contributed by atoms with E-state index in [1.807, 2.05) is 0 Å². The molecule has 0 atom stereocenters. The van der Waals surface area contributed by atoms with E-state index in [4.69, 9.17) is 19.3 Å². The largest absolute Gasteiger partial charge is 0.496 e. The van der Waals surface area contributed by atoms with Gasteiger partial charge in [0.15, 0.2) is 11.5 Å². The molecule has 0 saturated heterocycles. The molecule has 0 unspecified atom stereocenters. The molecule has 12 heteroatoms. The van der Waals surface area contributed by atoms with Gasteiger partial charge in [0.05, 0.1) is 26.9 Å². The molecule has 0 aliphatic rings. The van der Waals surface area contributed by atoms with Crippen molar-refractivity contribution in [3.8, 4) is 17.2 Å². The Morgan fingerprint density at radius 1 is 1.16 bits per heavy atom. The molecule has 2 N–H and O–H groups in total. The van der Waals surface area contributed by atoms with Gasteiger partial charge in [-0.15, -0.1) is 5.10 Å². The number of carbonyl (C=O) groups excluding carboxylic acids is 1. The fourth-order valence-electron chi connectivity index (χ4n) is 1.88. The monoisotopic (exact) mass is 388 g/mol. The second-order valence-electron chi connectivity index (χ2n) is 4.64. The van der Waals surface area contributed by atoms with Crippen molar-refractivity contribution in [1.82, 2.24) is 9.78 Å². The van der Waals surface area contributed by atoms with Crippen molar-refractivity contribution < 1.29 is 27.4 Å². The summed E-state index contributed by atoms with van der Waals surface area (Å²) in [6.07, 6.45) is 0. The van der Waals surface area contributed by atoms with Gasteiger partial charge in [-0.1, -0.05) is 11.3 Å². The molecule has 2 rings (SSSR count). The van der Waals surface area contributed by atoms with Gasteiger partial charge in [-0.05, 0) is 0 Å². The number of methoxy groups -OCH3 is 3. The number of aromatic nitrogens is 2. The summed E-state index contributed by atoms with van der Waals surface area (Å²) in [4.78, 5) is 16.5. The molecule has 10 nitrogen and oxygen atoms in total. The molecule has 1 heterocycles. The molecule has 0 aliphatic carbocycles. The minimum atomic E-state index is -3.98. The average Bonchev–Trinajstić information content (AvgIpc) is 2.94. The number of sulfonamides is 1. The summed E-state index contributed by atoms with van der Waals surface area (Å²) in [5.41, 5.74) is 0.116. The quantitative estimate of drug-likeness (QED) is 0.755. The van der Waals surface area contributed by atoms with E-state index in [1.165, 1.54) is 40.5 Å². The maximum Gasteiger partial charge on any atom is 0.283 e. The molecule has 25 heavy (non-hydrogen) atoms. The summed E-state index contributed by atoms with van der Waals surface area (Å²) in [5, 5.41) is 8.76. The first kappa shape index (κ1) is 18.9. The third-order valence-corrected chi connectivity index (χ3v) is 5.37. The lowest BCUT2D eigenvalue weighted by molar-refractivity contribution is 0.0994. The van der Waals surface area contributed by atoms with Crippen molar-refractivity contribution in [3.63, 3.8) is 0 Å². The molecule has 1 aromatic carbocycles. The Kier molecular flexibility index (Phi) is 5.45. The fourth-order valence-corrected chi connectivity index (χ4v) is 3.43. The molecular weight excluding hydrogens is 372 g/mol. The maximum absolute atomic E-state index is 12.5. The molecule has 0 bridgehead atoms. The van der Waals surface area contributed by atoms with Crippen LogP contribution >= 0.6 is 11.3 Å². The van der Waals surface area contributed by atoms with Crippen LogP contribution in [0.1, 0.15) is 10.4 Å². The van der Waals surface area contributed by atoms with Crippen LogP contribution in [0, 0.1) is 0 Å². The summed E-state index contributed by atoms with van der Waals surface area (Å²) in [5.74, 6) is 0.264. The Bertz CT molecular complexity index is 977. The number of rotatable bonds is 5. The van der Waals surface area contributed by atoms with E-state index in [0.29, 0.717) is 22.8 Å². The zero-order chi connectivity index (χ0) is 18.8. The van der Waals surface area contributed by atoms with Gasteiger partial charge in [0.1, 0.15) is 5.75 Å². The van der Waals surface area contributed by atoms with Gasteiger partial charge in [-0.2, -0.15) is 4.99 Å². The van der Waals surface area contributed by atoms with Crippen LogP contribution in [0.5, 0.6) is 17.2 Å². The highest BCUT2D eigenvalue weighted by atomic mass is 32.2. The molecule has 136 valence electrons. The van der Waals surface area contributed by atoms with Crippen molar-refractivity contribution >= 4 is 27.3 Å². The summed E-state index contributed by atoms with van der Waals surface area (Å²) in [6, 6.07) is 2.91. The minimum Gasteiger partial charge on any atom is -0.496 e. The molecule has 2 aromatic rings. The normalized spacial score (nSPS) is 12.1. The predicted octanol–water partition coefficient (Wildman–Crippen LogP) is -0.104. The Morgan fingerprint density at radius 2 is 1.72 bits per heavy atom. The fraction of sp³-hybridized carbons (Fsp3) is 0.308. The smallest absolute Gasteiger partial charge is 0.283 e. The SMILES string of the molecule is COc1cc(OC)c(C(=O)N=c2sc(S(N)(=O)=O)nn2C)cc1OC. The molecule has 0 saturated carbocycles. The number of hydrogen-bond donors (Lipinski definition) is 1. The highest BCUT2D eigenvalue weighted by Crippen LogP contribution is 2.34. The van der Waals surface area contributed by atoms with Gasteiger partial charge >= 0.3 is 0 Å². The van der Waals surface area contributed by atoms with Crippen LogP contribution in [0.25, 0.3) is 0 Å². The van der Waals surface area contributed by atoms with E-state index in [2.05, 4.69) is 10.1 Å². The lowest BCUT2D eigenvalue weighted by Gasteiger charge is -2.12. The number of aryl methyl sites for hydroxylation is 1. The van der Waals surface area contributed by atoms with Crippen LogP contribution in [0.3, 0.4) is 0 Å². The van der Waals surface area contributed by atoms with Crippen LogP contribution in [-0.4, -0.2) is 45.4 Å². The maximum atomic E-state index is 12.5. The van der Waals surface area contributed by atoms with Gasteiger partial charge in [0.25, 0.3) is 15.9 Å². The average molecular weight is 388 g/mol. The van der Waals surface area contributed by atoms with Crippen molar-refractivity contribution in [2.24, 2.45) is 17.2 Å². The van der Waals surface area contributed by atoms with Crippen molar-refractivity contribution in [2.45, 2.75) is 4.34 Å². The van der Waals surface area contributed by atoms with E-state index in [9.17, 15) is 13.2 Å². The summed E-state index contributed by atoms with van der Waals surface area (Å²) in [6.45, 7) is 0. The van der Waals surface area contributed by atoms with Crippen LogP contribution in [0.15, 0.2) is 21.5 Å². The third-order valence-electron chi connectivity index (χ3n) is 3.06. The van der Waals surface area contributed by atoms with Crippen LogP contribution in [0.4, 0.5) is 0 Å². The number of amides is 1. The highest BCUT2D eigenvalue weighted by Gasteiger charge is 2.19. The van der Waals surface area contributed by atoms with Crippen molar-refractivity contribution in [1.29, 1.82) is 0 Å². The van der Waals surface area contributed by atoms with Crippen molar-refractivity contribution in [2.75, 3.05) is 21.3 Å². The van der Waals surface area contributed by atoms with E-state index in [0.717, 1.165) is 4.68 Å². The zero-order valence-electron chi connectivity index (χ0n) is 13.8. The van der Waals surface area contributed by atoms with Crippen LogP contribution in [0.2, 0.25) is 0 Å². The Balaban J connectivity index is 2.57. The number of carbonyl (C=O) groups is 1. The van der Waals surface area contributed by atoms with E-state index >= 15 is 0 Å². The van der Waals surface area contributed by atoms with Crippen LogP contribution < -0.4 is 24.2 Å². The second-order valence-corrected chi connectivity index (χ2v) is 7.33. The zero-order valence-corrected chi connectivity index (χ0v) is 15.5. The first-order valence-corrected chi connectivity index (χ1v) is 9.03. The van der Waals surface area contributed by atoms with Gasteiger partial charge in [0.2, 0.25) is 9.14 Å². The summed E-state index contributed by atoms with van der Waals surface area (Å²) >= 11 is 0.675. The lowest BCUT2D eigenvalue weighted by Crippen LogP contribution is -2.15. The molecule has 0 aliphatic heterocycles. The number of benzene rings is 1. The third kappa shape index (κ3) is 3.97.